The summed E-state index contributed by atoms with van der Waals surface area (Å²) in [5.74, 6) is -0.222. The lowest BCUT2D eigenvalue weighted by Crippen LogP contribution is -2.36. The summed E-state index contributed by atoms with van der Waals surface area (Å²) in [6.45, 7) is 7.10. The van der Waals surface area contributed by atoms with Crippen LogP contribution in [0.1, 0.15) is 43.1 Å². The molecule has 1 N–H and O–H groups in total. The van der Waals surface area contributed by atoms with Crippen molar-refractivity contribution < 1.29 is 28.6 Å². The normalized spacial score (nSPS) is 14.2. The third kappa shape index (κ3) is 8.03. The number of nitrogens with zero attached hydrogens (tertiary/aromatic N) is 4. The van der Waals surface area contributed by atoms with E-state index in [0.29, 0.717) is 52.6 Å². The number of amides is 2. The van der Waals surface area contributed by atoms with Gasteiger partial charge < -0.3 is 33.8 Å². The molecule has 0 spiro atoms. The zero-order chi connectivity index (χ0) is 36.8. The van der Waals surface area contributed by atoms with Gasteiger partial charge in [0.15, 0.2) is 0 Å². The number of rotatable bonds is 7. The highest BCUT2D eigenvalue weighted by molar-refractivity contribution is 6.08. The monoisotopic (exact) mass is 704 g/mol. The van der Waals surface area contributed by atoms with Gasteiger partial charge in [-0.05, 0) is 86.1 Å². The van der Waals surface area contributed by atoms with Crippen LogP contribution in [-0.2, 0) is 31.3 Å². The summed E-state index contributed by atoms with van der Waals surface area (Å²) in [6, 6.07) is 27.9. The number of halogens is 1. The maximum Gasteiger partial charge on any atom is 0.260 e. The number of likely N-dealkylation sites (N-methyl/N-ethyl adjacent to an activating group) is 1. The molecule has 9 nitrogen and oxygen atoms in total. The first-order valence-corrected chi connectivity index (χ1v) is 17.5. The molecule has 0 unspecified atom stereocenters. The smallest absolute Gasteiger partial charge is 0.260 e. The fourth-order valence-corrected chi connectivity index (χ4v) is 6.65. The molecule has 0 atom stereocenters. The Balaban J connectivity index is 0.000000594. The highest BCUT2D eigenvalue weighted by atomic mass is 19.1. The van der Waals surface area contributed by atoms with Crippen molar-refractivity contribution in [1.29, 1.82) is 0 Å². The van der Waals surface area contributed by atoms with Crippen molar-refractivity contribution in [1.82, 2.24) is 14.4 Å². The van der Waals surface area contributed by atoms with Crippen LogP contribution in [-0.4, -0.2) is 78.3 Å². The van der Waals surface area contributed by atoms with Gasteiger partial charge in [0.25, 0.3) is 11.8 Å². The molecule has 52 heavy (non-hydrogen) atoms. The summed E-state index contributed by atoms with van der Waals surface area (Å²) < 4.78 is 27.3. The van der Waals surface area contributed by atoms with Crippen LogP contribution in [0.15, 0.2) is 97.1 Å². The lowest BCUT2D eigenvalue weighted by atomic mass is 9.97. The van der Waals surface area contributed by atoms with E-state index >= 15 is 0 Å². The first kappa shape index (κ1) is 36.3. The second kappa shape index (κ2) is 16.3. The van der Waals surface area contributed by atoms with Gasteiger partial charge in [-0.15, -0.1) is 0 Å². The fourth-order valence-electron chi connectivity index (χ4n) is 6.65. The maximum atomic E-state index is 14.8. The lowest BCUT2D eigenvalue weighted by Gasteiger charge is -2.29. The van der Waals surface area contributed by atoms with Gasteiger partial charge in [0, 0.05) is 67.0 Å². The first-order valence-electron chi connectivity index (χ1n) is 17.5. The van der Waals surface area contributed by atoms with Crippen LogP contribution in [0.4, 0.5) is 10.1 Å². The largest absolute Gasteiger partial charge is 0.508 e. The number of methoxy groups -OCH3 is 1. The van der Waals surface area contributed by atoms with Crippen molar-refractivity contribution in [3.05, 3.63) is 136 Å². The second-order valence-electron chi connectivity index (χ2n) is 13.2. The Morgan fingerprint density at radius 2 is 1.56 bits per heavy atom. The van der Waals surface area contributed by atoms with Crippen LogP contribution in [0, 0.1) is 12.7 Å². The molecule has 0 aliphatic carbocycles. The van der Waals surface area contributed by atoms with Gasteiger partial charge >= 0.3 is 0 Å². The molecule has 10 heteroatoms. The van der Waals surface area contributed by atoms with Gasteiger partial charge in [0.05, 0.1) is 32.4 Å². The molecule has 2 amide bonds. The summed E-state index contributed by atoms with van der Waals surface area (Å²) in [6.07, 6.45) is 0.750. The quantitative estimate of drug-likeness (QED) is 0.200. The molecule has 0 bridgehead atoms. The van der Waals surface area contributed by atoms with E-state index in [9.17, 15) is 19.1 Å². The third-order valence-electron chi connectivity index (χ3n) is 9.83. The van der Waals surface area contributed by atoms with Crippen LogP contribution >= 0.6 is 0 Å². The lowest BCUT2D eigenvalue weighted by molar-refractivity contribution is 0.0503. The maximum absolute atomic E-state index is 14.8. The number of hydrogen-bond donors (Lipinski definition) is 1. The van der Waals surface area contributed by atoms with E-state index in [2.05, 4.69) is 18.0 Å². The molecule has 0 radical (unpaired) electrons. The van der Waals surface area contributed by atoms with E-state index in [1.165, 1.54) is 35.9 Å². The minimum atomic E-state index is -0.473. The van der Waals surface area contributed by atoms with Crippen molar-refractivity contribution in [2.24, 2.45) is 7.05 Å². The van der Waals surface area contributed by atoms with E-state index < -0.39 is 5.82 Å². The van der Waals surface area contributed by atoms with Crippen LogP contribution < -0.4 is 9.64 Å². The Morgan fingerprint density at radius 3 is 2.25 bits per heavy atom. The number of ether oxygens (including phenoxy) is 2. The molecule has 1 fully saturated rings. The number of fused-ring (bicyclic) bond motifs is 1. The SMILES string of the molecule is CN1CCOCC1.COc1ccccc1CN(C(=O)c1cc(-c2cc(F)ccc2C(=O)N2CCc3ccccc3C2)n(C)c1C)c1ccc(O)cc1. The highest BCUT2D eigenvalue weighted by Gasteiger charge is 2.28. The predicted octanol–water partition coefficient (Wildman–Crippen LogP) is 6.85. The number of anilines is 1. The topological polar surface area (TPSA) is 87.5 Å². The van der Waals surface area contributed by atoms with Gasteiger partial charge in [-0.1, -0.05) is 42.5 Å². The Labute approximate surface area is 304 Å². The standard InChI is InChI=1S/C37H34FN3O4.C5H11NO/c1-24-32(37(44)41(29-13-15-30(42)16-14-29)23-27-10-6-7-11-35(27)45-3)21-34(39(24)2)33-20-28(38)12-17-31(33)36(43)40-19-18-25-8-4-5-9-26(25)22-40;1-6-2-4-7-5-3-6/h4-17,20-21,42H,18-19,22-23H2,1-3H3;2-5H2,1H3. The molecule has 1 saturated heterocycles. The van der Waals surface area contributed by atoms with Gasteiger partial charge in [0.2, 0.25) is 0 Å². The van der Waals surface area contributed by atoms with E-state index in [0.717, 1.165) is 43.9 Å². The van der Waals surface area contributed by atoms with Crippen LogP contribution in [0.2, 0.25) is 0 Å². The summed E-state index contributed by atoms with van der Waals surface area (Å²) in [4.78, 5) is 34.0. The molecule has 5 aromatic rings. The number of aromatic hydroxyl groups is 1. The number of phenols is 1. The zero-order valence-electron chi connectivity index (χ0n) is 30.1. The van der Waals surface area contributed by atoms with Crippen LogP contribution in [0.5, 0.6) is 11.5 Å². The van der Waals surface area contributed by atoms with Gasteiger partial charge in [-0.3, -0.25) is 9.59 Å². The molecule has 2 aliphatic rings. The Bertz CT molecular complexity index is 2040. The van der Waals surface area contributed by atoms with Crippen molar-refractivity contribution in [3.8, 4) is 22.8 Å². The number of morpholine rings is 1. The Morgan fingerprint density at radius 1 is 0.865 bits per heavy atom. The summed E-state index contributed by atoms with van der Waals surface area (Å²) in [7, 11) is 5.51. The number of carbonyl (C=O) groups is 2. The van der Waals surface area contributed by atoms with Gasteiger partial charge in [-0.25, -0.2) is 4.39 Å². The zero-order valence-corrected chi connectivity index (χ0v) is 30.1. The minimum absolute atomic E-state index is 0.0853. The third-order valence-corrected chi connectivity index (χ3v) is 9.83. The van der Waals surface area contributed by atoms with Crippen molar-refractivity contribution >= 4 is 17.5 Å². The number of carbonyl (C=O) groups excluding carboxylic acids is 2. The average Bonchev–Trinajstić information content (AvgIpc) is 3.47. The van der Waals surface area contributed by atoms with Gasteiger partial charge in [0.1, 0.15) is 17.3 Å². The summed E-state index contributed by atoms with van der Waals surface area (Å²) in [5, 5.41) is 9.92. The summed E-state index contributed by atoms with van der Waals surface area (Å²) in [5.41, 5.74) is 6.14. The average molecular weight is 705 g/mol. The highest BCUT2D eigenvalue weighted by Crippen LogP contribution is 2.33. The number of benzene rings is 4. The number of aromatic nitrogens is 1. The minimum Gasteiger partial charge on any atom is -0.508 e. The van der Waals surface area contributed by atoms with Crippen LogP contribution in [0.25, 0.3) is 11.3 Å². The molecular weight excluding hydrogens is 659 g/mol. The number of phenolic OH excluding ortho intramolecular Hbond substituents is 1. The van der Waals surface area contributed by atoms with E-state index in [1.54, 1.807) is 35.1 Å². The van der Waals surface area contributed by atoms with E-state index in [1.807, 2.05) is 61.0 Å². The van der Waals surface area contributed by atoms with Crippen LogP contribution in [0.3, 0.4) is 0 Å². The van der Waals surface area contributed by atoms with Crippen molar-refractivity contribution in [3.63, 3.8) is 0 Å². The summed E-state index contributed by atoms with van der Waals surface area (Å²) >= 11 is 0. The molecule has 0 saturated carbocycles. The molecule has 4 aromatic carbocycles. The molecule has 270 valence electrons. The molecule has 1 aromatic heterocycles. The van der Waals surface area contributed by atoms with E-state index in [4.69, 9.17) is 9.47 Å². The Kier molecular flexibility index (Phi) is 11.4. The molecule has 3 heterocycles. The molecule has 2 aliphatic heterocycles. The molecule has 7 rings (SSSR count). The van der Waals surface area contributed by atoms with E-state index in [-0.39, 0.29) is 24.1 Å². The number of para-hydroxylation sites is 1. The second-order valence-corrected chi connectivity index (χ2v) is 13.2. The fraction of sp³-hybridized carbons (Fsp3) is 0.286. The van der Waals surface area contributed by atoms with Crippen molar-refractivity contribution in [2.75, 3.05) is 51.9 Å². The van der Waals surface area contributed by atoms with Gasteiger partial charge in [-0.2, -0.15) is 0 Å². The predicted molar refractivity (Wildman–Crippen MR) is 200 cm³/mol. The Hall–Kier alpha value is -5.45. The van der Waals surface area contributed by atoms with Crippen molar-refractivity contribution in [2.45, 2.75) is 26.4 Å². The molecular formula is C42H45FN4O5. The number of hydrogen-bond acceptors (Lipinski definition) is 6. The first-order chi connectivity index (χ1) is 25.1.